The van der Waals surface area contributed by atoms with E-state index in [9.17, 15) is 29.7 Å². The lowest BCUT2D eigenvalue weighted by atomic mass is 9.94. The molecule has 0 unspecified atom stereocenters. The van der Waals surface area contributed by atoms with Crippen molar-refractivity contribution in [1.82, 2.24) is 10.2 Å². The number of rotatable bonds is 22. The first-order chi connectivity index (χ1) is 23.4. The van der Waals surface area contributed by atoms with Crippen LogP contribution in [-0.4, -0.2) is 88.2 Å². The monoisotopic (exact) mass is 688 g/mol. The Morgan fingerprint density at radius 3 is 2.08 bits per heavy atom. The van der Waals surface area contributed by atoms with Crippen LogP contribution in [0.1, 0.15) is 123 Å². The van der Waals surface area contributed by atoms with Crippen molar-refractivity contribution in [2.24, 2.45) is 5.41 Å². The van der Waals surface area contributed by atoms with Crippen LogP contribution >= 0.6 is 0 Å². The average molecular weight is 689 g/mol. The summed E-state index contributed by atoms with van der Waals surface area (Å²) in [5.41, 5.74) is 0.619. The maximum atomic E-state index is 13.8. The summed E-state index contributed by atoms with van der Waals surface area (Å²) < 4.78 is 11.1. The van der Waals surface area contributed by atoms with E-state index in [1.807, 2.05) is 51.1 Å². The zero-order valence-electron chi connectivity index (χ0n) is 30.6. The summed E-state index contributed by atoms with van der Waals surface area (Å²) in [6.07, 6.45) is 10.0. The number of hydrogen-bond donors (Lipinski definition) is 4. The molecule has 0 aliphatic carbocycles. The van der Waals surface area contributed by atoms with Crippen LogP contribution in [0.3, 0.4) is 0 Å². The van der Waals surface area contributed by atoms with Gasteiger partial charge in [-0.1, -0.05) is 134 Å². The number of unbranched alkanes of at least 4 members (excludes halogenated alkanes) is 10. The number of nitrogens with zero attached hydrogens (tertiary/aromatic N) is 1. The van der Waals surface area contributed by atoms with Crippen LogP contribution in [0, 0.1) is 5.41 Å². The standard InChI is InChI=1S/C39H64N2O8/c1-6-7-8-9-10-11-12-13-14-15-19-22-33(43)49-30-23-24-31(38(47)41(28-30)27-29-20-17-16-18-21-29)40-37(46)36(48-5)35(45)34(44)32(42)25-26-39(2,3)4/h16-18,20-21,25-26,30-32,34-36,42,44-45H,6-15,19,22-24,27-28H2,1-5H3,(H,40,46)/b26-25+/t30-,31-,32+,34-,35+,36+/m0/s1. The van der Waals surface area contributed by atoms with Crippen LogP contribution in [0.15, 0.2) is 42.5 Å². The summed E-state index contributed by atoms with van der Waals surface area (Å²) >= 11 is 0. The molecular weight excluding hydrogens is 624 g/mol. The van der Waals surface area contributed by atoms with Crippen molar-refractivity contribution in [3.05, 3.63) is 48.0 Å². The van der Waals surface area contributed by atoms with Crippen LogP contribution in [0.25, 0.3) is 0 Å². The predicted molar refractivity (Wildman–Crippen MR) is 191 cm³/mol. The lowest BCUT2D eigenvalue weighted by molar-refractivity contribution is -0.152. The molecule has 49 heavy (non-hydrogen) atoms. The highest BCUT2D eigenvalue weighted by atomic mass is 16.5. The molecule has 2 rings (SSSR count). The van der Waals surface area contributed by atoms with Crippen LogP contribution in [0.4, 0.5) is 0 Å². The van der Waals surface area contributed by atoms with E-state index in [1.165, 1.54) is 64.6 Å². The van der Waals surface area contributed by atoms with Gasteiger partial charge in [-0.3, -0.25) is 14.4 Å². The second kappa shape index (κ2) is 22.8. The molecule has 0 radical (unpaired) electrons. The molecule has 1 saturated heterocycles. The van der Waals surface area contributed by atoms with E-state index in [4.69, 9.17) is 9.47 Å². The van der Waals surface area contributed by atoms with Gasteiger partial charge in [0.15, 0.2) is 6.10 Å². The van der Waals surface area contributed by atoms with Gasteiger partial charge in [0.25, 0.3) is 5.91 Å². The number of benzene rings is 1. The van der Waals surface area contributed by atoms with Gasteiger partial charge in [0, 0.05) is 20.1 Å². The lowest BCUT2D eigenvalue weighted by Gasteiger charge is -2.29. The van der Waals surface area contributed by atoms with Gasteiger partial charge >= 0.3 is 5.97 Å². The van der Waals surface area contributed by atoms with E-state index < -0.39 is 42.5 Å². The van der Waals surface area contributed by atoms with Crippen molar-refractivity contribution < 1.29 is 39.2 Å². The largest absolute Gasteiger partial charge is 0.460 e. The van der Waals surface area contributed by atoms with Gasteiger partial charge in [0.1, 0.15) is 30.5 Å². The van der Waals surface area contributed by atoms with Gasteiger partial charge in [0.2, 0.25) is 5.91 Å². The third kappa shape index (κ3) is 16.6. The number of ether oxygens (including phenoxy) is 2. The topological polar surface area (TPSA) is 146 Å². The summed E-state index contributed by atoms with van der Waals surface area (Å²) in [5.74, 6) is -1.43. The van der Waals surface area contributed by atoms with E-state index in [-0.39, 0.29) is 36.8 Å². The highest BCUT2D eigenvalue weighted by Gasteiger charge is 2.39. The molecule has 278 valence electrons. The molecule has 0 aromatic heterocycles. The molecule has 10 nitrogen and oxygen atoms in total. The van der Waals surface area contributed by atoms with Crippen molar-refractivity contribution in [2.45, 2.75) is 161 Å². The SMILES string of the molecule is CCCCCCCCCCCCCC(=O)O[C@H]1CC[C@H](NC(=O)[C@H](OC)[C@H](O)[C@@H](O)[C@H](O)/C=C/C(C)(C)C)C(=O)N(Cc2ccccc2)C1. The smallest absolute Gasteiger partial charge is 0.306 e. The van der Waals surface area contributed by atoms with Crippen LogP contribution in [0.5, 0.6) is 0 Å². The molecule has 10 heteroatoms. The number of carbonyl (C=O) groups excluding carboxylic acids is 3. The van der Waals surface area contributed by atoms with Crippen LogP contribution in [-0.2, 0) is 30.4 Å². The number of aliphatic hydroxyl groups is 3. The Kier molecular flexibility index (Phi) is 19.7. The van der Waals surface area contributed by atoms with Gasteiger partial charge in [-0.15, -0.1) is 0 Å². The van der Waals surface area contributed by atoms with E-state index in [0.717, 1.165) is 24.8 Å². The second-order valence-corrected chi connectivity index (χ2v) is 14.6. The molecular formula is C39H64N2O8. The van der Waals surface area contributed by atoms with Crippen molar-refractivity contribution in [3.63, 3.8) is 0 Å². The first kappa shape index (κ1) is 42.4. The fourth-order valence-corrected chi connectivity index (χ4v) is 6.02. The van der Waals surface area contributed by atoms with E-state index in [2.05, 4.69) is 12.2 Å². The zero-order chi connectivity index (χ0) is 36.2. The minimum atomic E-state index is -1.77. The molecule has 0 spiro atoms. The fourth-order valence-electron chi connectivity index (χ4n) is 6.02. The highest BCUT2D eigenvalue weighted by molar-refractivity contribution is 5.90. The third-order valence-electron chi connectivity index (χ3n) is 8.94. The average Bonchev–Trinajstić information content (AvgIpc) is 3.20. The maximum absolute atomic E-state index is 13.8. The molecule has 1 aliphatic rings. The normalized spacial score (nSPS) is 19.7. The number of aliphatic hydroxyl groups excluding tert-OH is 3. The molecule has 4 N–H and O–H groups in total. The van der Waals surface area contributed by atoms with Gasteiger partial charge < -0.3 is 35.0 Å². The number of likely N-dealkylation sites (tertiary alicyclic amines) is 1. The summed E-state index contributed by atoms with van der Waals surface area (Å²) in [5, 5.41) is 34.5. The Labute approximate surface area is 294 Å². The summed E-state index contributed by atoms with van der Waals surface area (Å²) in [6.45, 7) is 8.43. The molecule has 1 aromatic rings. The predicted octanol–water partition coefficient (Wildman–Crippen LogP) is 5.61. The van der Waals surface area contributed by atoms with Gasteiger partial charge in [-0.2, -0.15) is 0 Å². The molecule has 1 aromatic carbocycles. The van der Waals surface area contributed by atoms with E-state index >= 15 is 0 Å². The van der Waals surface area contributed by atoms with Crippen molar-refractivity contribution in [2.75, 3.05) is 13.7 Å². The molecule has 0 bridgehead atoms. The quantitative estimate of drug-likeness (QED) is 0.0700. The molecule has 0 saturated carbocycles. The van der Waals surface area contributed by atoms with Crippen molar-refractivity contribution >= 4 is 17.8 Å². The molecule has 1 aliphatic heterocycles. The van der Waals surface area contributed by atoms with Gasteiger partial charge in [0.05, 0.1) is 6.54 Å². The summed E-state index contributed by atoms with van der Waals surface area (Å²) in [4.78, 5) is 41.5. The van der Waals surface area contributed by atoms with Gasteiger partial charge in [-0.05, 0) is 30.2 Å². The number of carbonyl (C=O) groups is 3. The lowest BCUT2D eigenvalue weighted by Crippen LogP contribution is -2.55. The van der Waals surface area contributed by atoms with E-state index in [0.29, 0.717) is 12.8 Å². The Bertz CT molecular complexity index is 1120. The number of nitrogens with one attached hydrogen (secondary N) is 1. The highest BCUT2D eigenvalue weighted by Crippen LogP contribution is 2.21. The minimum absolute atomic E-state index is 0.186. The Morgan fingerprint density at radius 1 is 0.918 bits per heavy atom. The maximum Gasteiger partial charge on any atom is 0.306 e. The first-order valence-electron chi connectivity index (χ1n) is 18.4. The number of esters is 1. The Hall–Kier alpha value is -2.79. The second-order valence-electron chi connectivity index (χ2n) is 14.6. The Balaban J connectivity index is 1.97. The molecule has 6 atom stereocenters. The van der Waals surface area contributed by atoms with Crippen molar-refractivity contribution in [3.8, 4) is 0 Å². The van der Waals surface area contributed by atoms with Crippen molar-refractivity contribution in [1.29, 1.82) is 0 Å². The molecule has 1 fully saturated rings. The zero-order valence-corrected chi connectivity index (χ0v) is 30.6. The Morgan fingerprint density at radius 2 is 1.51 bits per heavy atom. The minimum Gasteiger partial charge on any atom is -0.460 e. The van der Waals surface area contributed by atoms with Gasteiger partial charge in [-0.25, -0.2) is 0 Å². The number of amides is 2. The summed E-state index contributed by atoms with van der Waals surface area (Å²) in [6, 6.07) is 8.47. The molecule has 1 heterocycles. The number of methoxy groups -OCH3 is 1. The number of hydrogen-bond acceptors (Lipinski definition) is 8. The summed E-state index contributed by atoms with van der Waals surface area (Å²) in [7, 11) is 1.21. The third-order valence-corrected chi connectivity index (χ3v) is 8.94. The number of allylic oxidation sites excluding steroid dienone is 1. The van der Waals surface area contributed by atoms with Crippen LogP contribution in [0.2, 0.25) is 0 Å². The van der Waals surface area contributed by atoms with Crippen LogP contribution < -0.4 is 5.32 Å². The van der Waals surface area contributed by atoms with E-state index in [1.54, 1.807) is 11.0 Å². The fraction of sp³-hybridized carbons (Fsp3) is 0.718. The first-order valence-corrected chi connectivity index (χ1v) is 18.4. The molecule has 2 amide bonds.